The molecule has 1 aromatic carbocycles. The lowest BCUT2D eigenvalue weighted by Crippen LogP contribution is -2.52. The third kappa shape index (κ3) is 6.69. The number of likely N-dealkylation sites (tertiary alicyclic amines) is 2. The predicted molar refractivity (Wildman–Crippen MR) is 146 cm³/mol. The van der Waals surface area contributed by atoms with Crippen LogP contribution in [0.15, 0.2) is 24.5 Å². The monoisotopic (exact) mass is 547 g/mol. The van der Waals surface area contributed by atoms with Crippen LogP contribution in [0.2, 0.25) is 5.02 Å². The van der Waals surface area contributed by atoms with Gasteiger partial charge in [-0.3, -0.25) is 4.79 Å². The van der Waals surface area contributed by atoms with E-state index >= 15 is 0 Å². The van der Waals surface area contributed by atoms with E-state index in [2.05, 4.69) is 20.9 Å². The van der Waals surface area contributed by atoms with E-state index in [4.69, 9.17) is 11.6 Å². The highest BCUT2D eigenvalue weighted by Crippen LogP contribution is 2.25. The van der Waals surface area contributed by atoms with Gasteiger partial charge >= 0.3 is 0 Å². The van der Waals surface area contributed by atoms with Crippen LogP contribution in [0.1, 0.15) is 58.6 Å². The normalized spacial score (nSPS) is 18.5. The lowest BCUT2D eigenvalue weighted by Gasteiger charge is -2.43. The Bertz CT molecular complexity index is 1220. The van der Waals surface area contributed by atoms with Crippen LogP contribution in [-0.2, 0) is 22.9 Å². The summed E-state index contributed by atoms with van der Waals surface area (Å²) in [6.07, 6.45) is 7.83. The molecule has 0 N–H and O–H groups in total. The Labute approximate surface area is 226 Å². The number of sulfonamides is 1. The van der Waals surface area contributed by atoms with Gasteiger partial charge in [-0.15, -0.1) is 0 Å². The van der Waals surface area contributed by atoms with Crippen molar-refractivity contribution in [3.63, 3.8) is 0 Å². The highest BCUT2D eigenvalue weighted by Gasteiger charge is 2.33. The first-order chi connectivity index (χ1) is 17.5. The number of carbonyl (C=O) groups excluding carboxylic acids is 1. The van der Waals surface area contributed by atoms with Gasteiger partial charge in [-0.2, -0.15) is 0 Å². The number of hydrogen-bond acceptors (Lipinski definition) is 6. The van der Waals surface area contributed by atoms with Crippen LogP contribution >= 0.6 is 11.6 Å². The minimum atomic E-state index is -3.16. The quantitative estimate of drug-likeness (QED) is 0.527. The number of amides is 1. The summed E-state index contributed by atoms with van der Waals surface area (Å²) in [4.78, 5) is 26.6. The zero-order chi connectivity index (χ0) is 26.7. The van der Waals surface area contributed by atoms with Crippen molar-refractivity contribution in [1.29, 1.82) is 0 Å². The first-order valence-corrected chi connectivity index (χ1v) is 15.3. The van der Waals surface area contributed by atoms with E-state index in [0.29, 0.717) is 24.8 Å². The van der Waals surface area contributed by atoms with Crippen molar-refractivity contribution in [2.45, 2.75) is 64.5 Å². The number of piperidine rings is 2. The van der Waals surface area contributed by atoms with Crippen molar-refractivity contribution in [3.8, 4) is 0 Å². The van der Waals surface area contributed by atoms with Gasteiger partial charge in [0.05, 0.1) is 6.26 Å². The maximum absolute atomic E-state index is 13.4. The topological polar surface area (TPSA) is 86.7 Å². The van der Waals surface area contributed by atoms with Crippen LogP contribution in [0.4, 0.5) is 0 Å². The predicted octanol–water partition coefficient (Wildman–Crippen LogP) is 3.49. The van der Waals surface area contributed by atoms with E-state index in [0.717, 1.165) is 79.0 Å². The summed E-state index contributed by atoms with van der Waals surface area (Å²) in [5, 5.41) is 0.766. The molecule has 0 bridgehead atoms. The Morgan fingerprint density at radius 3 is 2.35 bits per heavy atom. The lowest BCUT2D eigenvalue weighted by atomic mass is 9.97. The van der Waals surface area contributed by atoms with E-state index < -0.39 is 10.0 Å². The molecule has 2 fully saturated rings. The standard InChI is InChI=1S/C27H38ClN5O3S/c1-19-5-6-21(17-24(19)28)7-8-25-20(2)26(30-18-29-25)27(34)33-15-11-23(12-16-33)32-13-9-22(10-14-32)31(3)37(4,35)36/h5-6,17-18,22-23H,7-16H2,1-4H3. The van der Waals surface area contributed by atoms with Crippen LogP contribution in [0.25, 0.3) is 0 Å². The molecule has 2 aliphatic rings. The number of hydrogen-bond donors (Lipinski definition) is 0. The van der Waals surface area contributed by atoms with E-state index in [1.54, 1.807) is 7.05 Å². The fourth-order valence-corrected chi connectivity index (χ4v) is 6.43. The van der Waals surface area contributed by atoms with Gasteiger partial charge in [0.15, 0.2) is 0 Å². The van der Waals surface area contributed by atoms with Gasteiger partial charge in [0.2, 0.25) is 10.0 Å². The van der Waals surface area contributed by atoms with Crippen LogP contribution < -0.4 is 0 Å². The number of nitrogens with zero attached hydrogens (tertiary/aromatic N) is 5. The molecule has 4 rings (SSSR count). The van der Waals surface area contributed by atoms with Gasteiger partial charge in [-0.1, -0.05) is 23.7 Å². The van der Waals surface area contributed by atoms with Gasteiger partial charge in [0, 0.05) is 48.5 Å². The number of carbonyl (C=O) groups is 1. The Kier molecular flexibility index (Phi) is 8.89. The van der Waals surface area contributed by atoms with Crippen molar-refractivity contribution in [3.05, 3.63) is 57.6 Å². The Balaban J connectivity index is 1.31. The molecule has 8 nitrogen and oxygen atoms in total. The second-order valence-corrected chi connectivity index (χ2v) is 12.9. The van der Waals surface area contributed by atoms with Gasteiger partial charge in [-0.05, 0) is 82.7 Å². The van der Waals surface area contributed by atoms with Crippen molar-refractivity contribution >= 4 is 27.5 Å². The smallest absolute Gasteiger partial charge is 0.272 e. The molecule has 0 unspecified atom stereocenters. The van der Waals surface area contributed by atoms with E-state index in [1.165, 1.54) is 16.9 Å². The molecular formula is C27H38ClN5O3S. The molecule has 37 heavy (non-hydrogen) atoms. The SMILES string of the molecule is Cc1ccc(CCc2ncnc(C(=O)N3CCC(N4CCC(N(C)S(C)(=O)=O)CC4)CC3)c2C)cc1Cl. The fraction of sp³-hybridized carbons (Fsp3) is 0.593. The fourth-order valence-electron chi connectivity index (χ4n) is 5.48. The molecule has 10 heteroatoms. The van der Waals surface area contributed by atoms with Gasteiger partial charge < -0.3 is 9.80 Å². The number of rotatable bonds is 7. The maximum Gasteiger partial charge on any atom is 0.272 e. The summed E-state index contributed by atoms with van der Waals surface area (Å²) < 4.78 is 25.2. The van der Waals surface area contributed by atoms with Crippen molar-refractivity contribution < 1.29 is 13.2 Å². The zero-order valence-corrected chi connectivity index (χ0v) is 23.9. The molecule has 202 valence electrons. The second kappa shape index (κ2) is 11.8. The lowest BCUT2D eigenvalue weighted by molar-refractivity contribution is 0.0542. The van der Waals surface area contributed by atoms with Crippen molar-refractivity contribution in [2.75, 3.05) is 39.5 Å². The molecule has 1 amide bonds. The molecule has 0 spiro atoms. The molecule has 2 saturated heterocycles. The van der Waals surface area contributed by atoms with Gasteiger partial charge in [0.25, 0.3) is 5.91 Å². The highest BCUT2D eigenvalue weighted by molar-refractivity contribution is 7.88. The summed E-state index contributed by atoms with van der Waals surface area (Å²) in [5.41, 5.74) is 4.45. The third-order valence-corrected chi connectivity index (χ3v) is 9.83. The summed E-state index contributed by atoms with van der Waals surface area (Å²) in [7, 11) is -1.48. The number of aromatic nitrogens is 2. The van der Waals surface area contributed by atoms with Crippen LogP contribution in [-0.4, -0.2) is 90.0 Å². The Morgan fingerprint density at radius 1 is 1.05 bits per heavy atom. The van der Waals surface area contributed by atoms with Crippen molar-refractivity contribution in [2.24, 2.45) is 0 Å². The van der Waals surface area contributed by atoms with Crippen molar-refractivity contribution in [1.82, 2.24) is 24.1 Å². The number of halogens is 1. The largest absolute Gasteiger partial charge is 0.337 e. The number of aryl methyl sites for hydroxylation is 3. The molecule has 0 aliphatic carbocycles. The summed E-state index contributed by atoms with van der Waals surface area (Å²) in [6, 6.07) is 6.61. The molecule has 2 aliphatic heterocycles. The molecule has 1 aromatic heterocycles. The van der Waals surface area contributed by atoms with E-state index in [9.17, 15) is 13.2 Å². The molecule has 2 aromatic rings. The second-order valence-electron chi connectivity index (χ2n) is 10.4. The average Bonchev–Trinajstić information content (AvgIpc) is 2.89. The zero-order valence-electron chi connectivity index (χ0n) is 22.3. The molecule has 0 saturated carbocycles. The minimum Gasteiger partial charge on any atom is -0.337 e. The van der Waals surface area contributed by atoms with Crippen LogP contribution in [0.3, 0.4) is 0 Å². The van der Waals surface area contributed by atoms with Gasteiger partial charge in [0.1, 0.15) is 12.0 Å². The number of benzene rings is 1. The molecule has 0 radical (unpaired) electrons. The van der Waals surface area contributed by atoms with E-state index in [-0.39, 0.29) is 11.9 Å². The maximum atomic E-state index is 13.4. The first-order valence-electron chi connectivity index (χ1n) is 13.1. The highest BCUT2D eigenvalue weighted by atomic mass is 35.5. The Hall–Kier alpha value is -2.07. The summed E-state index contributed by atoms with van der Waals surface area (Å²) >= 11 is 6.27. The summed E-state index contributed by atoms with van der Waals surface area (Å²) in [5.74, 6) is -0.0218. The Morgan fingerprint density at radius 2 is 1.73 bits per heavy atom. The summed E-state index contributed by atoms with van der Waals surface area (Å²) in [6.45, 7) is 7.12. The molecule has 0 atom stereocenters. The minimum absolute atomic E-state index is 0.0218. The third-order valence-electron chi connectivity index (χ3n) is 8.08. The molecule has 3 heterocycles. The first kappa shape index (κ1) is 28.0. The average molecular weight is 548 g/mol. The van der Waals surface area contributed by atoms with Crippen LogP contribution in [0, 0.1) is 13.8 Å². The van der Waals surface area contributed by atoms with Gasteiger partial charge in [-0.25, -0.2) is 22.7 Å². The molecular weight excluding hydrogens is 510 g/mol. The van der Waals surface area contributed by atoms with Crippen LogP contribution in [0.5, 0.6) is 0 Å². The van der Waals surface area contributed by atoms with E-state index in [1.807, 2.05) is 30.9 Å².